The van der Waals surface area contributed by atoms with Gasteiger partial charge >= 0.3 is 0 Å². The second kappa shape index (κ2) is 5.98. The van der Waals surface area contributed by atoms with Gasteiger partial charge in [-0.3, -0.25) is 0 Å². The Bertz CT molecular complexity index is 397. The minimum atomic E-state index is -1.29. The molecule has 0 amide bonds. The lowest BCUT2D eigenvalue weighted by molar-refractivity contribution is 0.561. The van der Waals surface area contributed by atoms with Crippen LogP contribution in [-0.4, -0.2) is 15.5 Å². The van der Waals surface area contributed by atoms with Gasteiger partial charge in [-0.2, -0.15) is 0 Å². The van der Waals surface area contributed by atoms with Crippen LogP contribution in [0, 0.1) is 5.82 Å². The maximum atomic E-state index is 13.4. The molecular formula is C12H15BrFNOS. The number of rotatable bonds is 3. The average Bonchev–Trinajstić information content (AvgIpc) is 2.20. The normalized spacial score (nSPS) is 14.2. The molecule has 1 atom stereocenters. The molecule has 1 rings (SSSR count). The van der Waals surface area contributed by atoms with E-state index < -0.39 is 11.4 Å². The van der Waals surface area contributed by atoms with E-state index in [1.54, 1.807) is 12.1 Å². The Balaban J connectivity index is 2.71. The van der Waals surface area contributed by atoms with Crippen LogP contribution < -0.4 is 0 Å². The third kappa shape index (κ3) is 4.41. The first-order chi connectivity index (χ1) is 7.82. The van der Waals surface area contributed by atoms with E-state index in [9.17, 15) is 8.94 Å². The SMILES string of the molecule is CC(C)(C)[S+]([O-])N=CCc1c(F)cccc1Br. The van der Waals surface area contributed by atoms with E-state index in [-0.39, 0.29) is 10.6 Å². The van der Waals surface area contributed by atoms with Crippen LogP contribution in [0.5, 0.6) is 0 Å². The fourth-order valence-electron chi connectivity index (χ4n) is 1.08. The van der Waals surface area contributed by atoms with Crippen molar-refractivity contribution < 1.29 is 8.94 Å². The van der Waals surface area contributed by atoms with Crippen LogP contribution in [0.4, 0.5) is 4.39 Å². The number of nitrogens with zero attached hydrogens (tertiary/aromatic N) is 1. The monoisotopic (exact) mass is 319 g/mol. The molecule has 17 heavy (non-hydrogen) atoms. The molecule has 0 fully saturated rings. The zero-order valence-electron chi connectivity index (χ0n) is 10.0. The van der Waals surface area contributed by atoms with Crippen molar-refractivity contribution in [2.75, 3.05) is 0 Å². The van der Waals surface area contributed by atoms with Crippen molar-refractivity contribution in [1.82, 2.24) is 0 Å². The summed E-state index contributed by atoms with van der Waals surface area (Å²) in [6, 6.07) is 4.80. The minimum absolute atomic E-state index is 0.285. The quantitative estimate of drug-likeness (QED) is 0.618. The Kier molecular flexibility index (Phi) is 5.16. The zero-order valence-corrected chi connectivity index (χ0v) is 12.4. The molecule has 2 nitrogen and oxygen atoms in total. The van der Waals surface area contributed by atoms with E-state index in [1.807, 2.05) is 20.8 Å². The lowest BCUT2D eigenvalue weighted by Gasteiger charge is -2.17. The molecule has 5 heteroatoms. The highest BCUT2D eigenvalue weighted by atomic mass is 79.9. The average molecular weight is 320 g/mol. The first kappa shape index (κ1) is 14.7. The highest BCUT2D eigenvalue weighted by Crippen LogP contribution is 2.20. The summed E-state index contributed by atoms with van der Waals surface area (Å²) in [7, 11) is 0. The van der Waals surface area contributed by atoms with E-state index in [4.69, 9.17) is 0 Å². The van der Waals surface area contributed by atoms with Crippen LogP contribution in [0.3, 0.4) is 0 Å². The van der Waals surface area contributed by atoms with Gasteiger partial charge in [-0.05, 0) is 32.9 Å². The summed E-state index contributed by atoms with van der Waals surface area (Å²) < 4.78 is 29.3. The van der Waals surface area contributed by atoms with E-state index in [2.05, 4.69) is 20.3 Å². The molecule has 1 aromatic rings. The Labute approximate surface area is 113 Å². The van der Waals surface area contributed by atoms with Crippen LogP contribution in [0.15, 0.2) is 27.1 Å². The number of halogens is 2. The zero-order chi connectivity index (χ0) is 13.1. The fourth-order valence-corrected chi connectivity index (χ4v) is 2.11. The maximum Gasteiger partial charge on any atom is 0.144 e. The summed E-state index contributed by atoms with van der Waals surface area (Å²) in [6.45, 7) is 5.54. The van der Waals surface area contributed by atoms with Crippen LogP contribution in [0.25, 0.3) is 0 Å². The van der Waals surface area contributed by atoms with Crippen molar-refractivity contribution in [2.24, 2.45) is 4.40 Å². The molecule has 0 heterocycles. The summed E-state index contributed by atoms with van der Waals surface area (Å²) in [5.41, 5.74) is 0.530. The Morgan fingerprint density at radius 2 is 2.12 bits per heavy atom. The molecule has 0 saturated carbocycles. The van der Waals surface area contributed by atoms with Gasteiger partial charge in [0.1, 0.15) is 21.9 Å². The van der Waals surface area contributed by atoms with Gasteiger partial charge in [0.25, 0.3) is 0 Å². The van der Waals surface area contributed by atoms with Gasteiger partial charge in [-0.25, -0.2) is 4.39 Å². The topological polar surface area (TPSA) is 35.4 Å². The van der Waals surface area contributed by atoms with Crippen LogP contribution >= 0.6 is 15.9 Å². The standard InChI is InChI=1S/C12H15BrFNOS/c1-12(2,3)17(16)15-8-7-9-10(13)5-4-6-11(9)14/h4-6,8H,7H2,1-3H3. The van der Waals surface area contributed by atoms with Gasteiger partial charge in [0, 0.05) is 16.5 Å². The third-order valence-corrected chi connectivity index (χ3v) is 4.18. The van der Waals surface area contributed by atoms with Gasteiger partial charge < -0.3 is 4.55 Å². The van der Waals surface area contributed by atoms with Crippen molar-refractivity contribution in [3.8, 4) is 0 Å². The number of hydrogen-bond acceptors (Lipinski definition) is 2. The van der Waals surface area contributed by atoms with Crippen LogP contribution in [0.1, 0.15) is 26.3 Å². The lowest BCUT2D eigenvalue weighted by atomic mass is 10.1. The fraction of sp³-hybridized carbons (Fsp3) is 0.417. The Morgan fingerprint density at radius 1 is 1.47 bits per heavy atom. The molecule has 0 saturated heterocycles. The first-order valence-electron chi connectivity index (χ1n) is 5.20. The van der Waals surface area contributed by atoms with E-state index in [0.717, 1.165) is 0 Å². The van der Waals surface area contributed by atoms with Crippen molar-refractivity contribution in [3.63, 3.8) is 0 Å². The van der Waals surface area contributed by atoms with Gasteiger partial charge in [-0.1, -0.05) is 26.4 Å². The molecule has 0 radical (unpaired) electrons. The molecule has 0 spiro atoms. The Morgan fingerprint density at radius 3 is 2.65 bits per heavy atom. The van der Waals surface area contributed by atoms with E-state index >= 15 is 0 Å². The van der Waals surface area contributed by atoms with Crippen LogP contribution in [-0.2, 0) is 17.8 Å². The summed E-state index contributed by atoms with van der Waals surface area (Å²) in [6.07, 6.45) is 1.83. The second-order valence-corrected chi connectivity index (χ2v) is 7.34. The highest BCUT2D eigenvalue weighted by Gasteiger charge is 2.25. The van der Waals surface area contributed by atoms with Crippen molar-refractivity contribution in [2.45, 2.75) is 31.9 Å². The molecule has 0 bridgehead atoms. The summed E-state index contributed by atoms with van der Waals surface area (Å²) in [5.74, 6) is -0.285. The van der Waals surface area contributed by atoms with Gasteiger partial charge in [0.05, 0.1) is 6.21 Å². The highest BCUT2D eigenvalue weighted by molar-refractivity contribution is 9.10. The molecule has 1 unspecified atom stereocenters. The summed E-state index contributed by atoms with van der Waals surface area (Å²) in [5, 5.41) is 0. The van der Waals surface area contributed by atoms with Crippen molar-refractivity contribution in [3.05, 3.63) is 34.1 Å². The van der Waals surface area contributed by atoms with E-state index in [1.165, 1.54) is 12.3 Å². The predicted octanol–water partition coefficient (Wildman–Crippen LogP) is 3.66. The summed E-state index contributed by atoms with van der Waals surface area (Å²) in [4.78, 5) is 0. The van der Waals surface area contributed by atoms with Crippen molar-refractivity contribution >= 4 is 33.5 Å². The molecule has 0 aromatic heterocycles. The van der Waals surface area contributed by atoms with Crippen molar-refractivity contribution in [1.29, 1.82) is 0 Å². The van der Waals surface area contributed by atoms with Gasteiger partial charge in [-0.15, -0.1) is 0 Å². The Hall–Kier alpha value is -0.390. The molecule has 1 aromatic carbocycles. The first-order valence-corrected chi connectivity index (χ1v) is 7.10. The van der Waals surface area contributed by atoms with Gasteiger partial charge in [0.15, 0.2) is 0 Å². The number of hydrogen-bond donors (Lipinski definition) is 0. The molecule has 0 aliphatic carbocycles. The molecule has 0 aliphatic rings. The smallest absolute Gasteiger partial charge is 0.144 e. The minimum Gasteiger partial charge on any atom is -0.591 e. The lowest BCUT2D eigenvalue weighted by Crippen LogP contribution is -2.25. The van der Waals surface area contributed by atoms with Crippen LogP contribution in [0.2, 0.25) is 0 Å². The molecule has 0 aliphatic heterocycles. The third-order valence-electron chi connectivity index (χ3n) is 2.05. The molecule has 94 valence electrons. The summed E-state index contributed by atoms with van der Waals surface area (Å²) >= 11 is 1.98. The maximum absolute atomic E-state index is 13.4. The number of benzene rings is 1. The molecular weight excluding hydrogens is 305 g/mol. The van der Waals surface area contributed by atoms with E-state index in [0.29, 0.717) is 16.5 Å². The van der Waals surface area contributed by atoms with Gasteiger partial charge in [0.2, 0.25) is 0 Å². The second-order valence-electron chi connectivity index (χ2n) is 4.55. The molecule has 0 N–H and O–H groups in total. The largest absolute Gasteiger partial charge is 0.591 e. The predicted molar refractivity (Wildman–Crippen MR) is 74.2 cm³/mol.